The van der Waals surface area contributed by atoms with E-state index in [1.54, 1.807) is 0 Å². The Morgan fingerprint density at radius 1 is 1.41 bits per heavy atom. The van der Waals surface area contributed by atoms with Crippen LogP contribution in [0.3, 0.4) is 0 Å². The van der Waals surface area contributed by atoms with Gasteiger partial charge in [0.2, 0.25) is 6.04 Å². The third-order valence-corrected chi connectivity index (χ3v) is 5.27. The zero-order chi connectivity index (χ0) is 12.6. The topological polar surface area (TPSA) is 4.36 Å². The lowest BCUT2D eigenvalue weighted by Gasteiger charge is -2.44. The lowest BCUT2D eigenvalue weighted by molar-refractivity contribution is 0.0827. The third kappa shape index (κ3) is 1.92. The van der Waals surface area contributed by atoms with Gasteiger partial charge in [0.15, 0.2) is 0 Å². The quantitative estimate of drug-likeness (QED) is 0.455. The van der Waals surface area contributed by atoms with E-state index in [0.29, 0.717) is 17.8 Å². The predicted molar refractivity (Wildman–Crippen MR) is 72.5 cm³/mol. The molecule has 1 unspecified atom stereocenters. The van der Waals surface area contributed by atoms with Crippen LogP contribution in [0.25, 0.3) is 4.85 Å². The molecule has 1 saturated carbocycles. The van der Waals surface area contributed by atoms with Crippen molar-refractivity contribution in [2.24, 2.45) is 23.2 Å². The maximum atomic E-state index is 7.66. The summed E-state index contributed by atoms with van der Waals surface area (Å²) in [7, 11) is 0. The van der Waals surface area contributed by atoms with Gasteiger partial charge in [-0.3, -0.25) is 0 Å². The fraction of sp³-hybridized carbons (Fsp3) is 0.812. The first-order chi connectivity index (χ1) is 8.01. The molecule has 0 aromatic carbocycles. The summed E-state index contributed by atoms with van der Waals surface area (Å²) < 4.78 is 0. The van der Waals surface area contributed by atoms with Gasteiger partial charge in [-0.15, -0.1) is 0 Å². The van der Waals surface area contributed by atoms with Gasteiger partial charge in [0.05, 0.1) is 5.41 Å². The summed E-state index contributed by atoms with van der Waals surface area (Å²) >= 11 is 0. The molecule has 0 aromatic heterocycles. The van der Waals surface area contributed by atoms with E-state index in [1.165, 1.54) is 31.3 Å². The number of rotatable bonds is 1. The van der Waals surface area contributed by atoms with Gasteiger partial charge in [-0.05, 0) is 44.4 Å². The summed E-state index contributed by atoms with van der Waals surface area (Å²) in [5.41, 5.74) is 1.72. The summed E-state index contributed by atoms with van der Waals surface area (Å²) in [6.45, 7) is 16.8. The normalized spacial score (nSPS) is 41.6. The molecule has 0 bridgehead atoms. The molecule has 94 valence electrons. The van der Waals surface area contributed by atoms with Crippen LogP contribution in [-0.2, 0) is 0 Å². The average molecular weight is 231 g/mol. The van der Waals surface area contributed by atoms with E-state index in [9.17, 15) is 0 Å². The molecule has 4 atom stereocenters. The van der Waals surface area contributed by atoms with E-state index >= 15 is 0 Å². The van der Waals surface area contributed by atoms with Crippen LogP contribution in [0.4, 0.5) is 0 Å². The van der Waals surface area contributed by atoms with Gasteiger partial charge < -0.3 is 4.85 Å². The smallest absolute Gasteiger partial charge is 0.235 e. The molecule has 1 spiro atoms. The first-order valence-electron chi connectivity index (χ1n) is 7.06. The van der Waals surface area contributed by atoms with Gasteiger partial charge >= 0.3 is 0 Å². The zero-order valence-electron chi connectivity index (χ0n) is 11.7. The van der Waals surface area contributed by atoms with Crippen molar-refractivity contribution < 1.29 is 0 Å². The third-order valence-electron chi connectivity index (χ3n) is 5.27. The highest BCUT2D eigenvalue weighted by atomic mass is 14.8. The Morgan fingerprint density at radius 2 is 2.12 bits per heavy atom. The molecule has 0 saturated heterocycles. The minimum Gasteiger partial charge on any atom is -0.312 e. The summed E-state index contributed by atoms with van der Waals surface area (Å²) in [5, 5.41) is 0. The van der Waals surface area contributed by atoms with Gasteiger partial charge in [0.25, 0.3) is 0 Å². The van der Waals surface area contributed by atoms with E-state index in [4.69, 9.17) is 6.57 Å². The standard InChI is InChI=1S/C16H25N/c1-11(2)14-7-6-13(4)16(15(14)17-5)9-8-12(3)10-16/h10-11,13-15H,6-9H2,1-4H3/t13-,14+,15?,16-/m1/s1. The van der Waals surface area contributed by atoms with Crippen molar-refractivity contribution in [3.8, 4) is 0 Å². The van der Waals surface area contributed by atoms with Crippen LogP contribution >= 0.6 is 0 Å². The van der Waals surface area contributed by atoms with E-state index in [1.807, 2.05) is 0 Å². The Kier molecular flexibility index (Phi) is 3.34. The number of hydrogen-bond donors (Lipinski definition) is 0. The second-order valence-electron chi connectivity index (χ2n) is 6.56. The van der Waals surface area contributed by atoms with E-state index in [-0.39, 0.29) is 11.5 Å². The highest BCUT2D eigenvalue weighted by Crippen LogP contribution is 2.54. The van der Waals surface area contributed by atoms with Crippen molar-refractivity contribution in [2.45, 2.75) is 59.4 Å². The second kappa shape index (κ2) is 4.48. The molecule has 2 aliphatic carbocycles. The molecule has 0 radical (unpaired) electrons. The van der Waals surface area contributed by atoms with Crippen molar-refractivity contribution in [1.29, 1.82) is 0 Å². The van der Waals surface area contributed by atoms with Crippen LogP contribution in [0.2, 0.25) is 0 Å². The van der Waals surface area contributed by atoms with Crippen LogP contribution in [0.15, 0.2) is 11.6 Å². The molecule has 0 aromatic rings. The summed E-state index contributed by atoms with van der Waals surface area (Å²) in [6.07, 6.45) is 7.45. The van der Waals surface area contributed by atoms with Crippen molar-refractivity contribution in [1.82, 2.24) is 0 Å². The summed E-state index contributed by atoms with van der Waals surface area (Å²) in [5.74, 6) is 1.94. The highest BCUT2D eigenvalue weighted by molar-refractivity contribution is 5.24. The minimum absolute atomic E-state index is 0.207. The van der Waals surface area contributed by atoms with Gasteiger partial charge in [0, 0.05) is 5.92 Å². The average Bonchev–Trinajstić information content (AvgIpc) is 2.65. The van der Waals surface area contributed by atoms with Crippen LogP contribution in [-0.4, -0.2) is 6.04 Å². The number of nitrogens with zero attached hydrogens (tertiary/aromatic N) is 1. The van der Waals surface area contributed by atoms with Crippen molar-refractivity contribution >= 4 is 0 Å². The van der Waals surface area contributed by atoms with Crippen LogP contribution in [0, 0.1) is 29.7 Å². The molecule has 0 amide bonds. The monoisotopic (exact) mass is 231 g/mol. The van der Waals surface area contributed by atoms with Crippen LogP contribution in [0.5, 0.6) is 0 Å². The molecule has 0 heterocycles. The largest absolute Gasteiger partial charge is 0.312 e. The van der Waals surface area contributed by atoms with Gasteiger partial charge in [-0.25, -0.2) is 6.57 Å². The molecule has 1 fully saturated rings. The first-order valence-corrected chi connectivity index (χ1v) is 7.06. The Bertz CT molecular complexity index is 360. The number of hydrogen-bond acceptors (Lipinski definition) is 0. The Hall–Kier alpha value is -0.770. The van der Waals surface area contributed by atoms with E-state index in [2.05, 4.69) is 38.6 Å². The Balaban J connectivity index is 2.37. The molecule has 0 aliphatic heterocycles. The maximum absolute atomic E-state index is 7.66. The van der Waals surface area contributed by atoms with E-state index < -0.39 is 0 Å². The summed E-state index contributed by atoms with van der Waals surface area (Å²) in [6, 6.07) is 0.226. The van der Waals surface area contributed by atoms with Crippen molar-refractivity contribution in [2.75, 3.05) is 0 Å². The fourth-order valence-corrected chi connectivity index (χ4v) is 4.11. The number of allylic oxidation sites excluding steroid dienone is 1. The summed E-state index contributed by atoms with van der Waals surface area (Å²) in [4.78, 5) is 4.08. The molecule has 0 N–H and O–H groups in total. The molecule has 1 nitrogen and oxygen atoms in total. The van der Waals surface area contributed by atoms with Gasteiger partial charge in [0.1, 0.15) is 0 Å². The van der Waals surface area contributed by atoms with Crippen LogP contribution < -0.4 is 0 Å². The van der Waals surface area contributed by atoms with E-state index in [0.717, 1.165) is 0 Å². The molecule has 2 aliphatic rings. The minimum atomic E-state index is 0.207. The van der Waals surface area contributed by atoms with Gasteiger partial charge in [-0.1, -0.05) is 32.4 Å². The fourth-order valence-electron chi connectivity index (χ4n) is 4.11. The lowest BCUT2D eigenvalue weighted by atomic mass is 9.58. The zero-order valence-corrected chi connectivity index (χ0v) is 11.7. The first kappa shape index (κ1) is 12.7. The van der Waals surface area contributed by atoms with Crippen molar-refractivity contribution in [3.05, 3.63) is 23.1 Å². The SMILES string of the molecule is [C-]#[N+]C1[C@H](C(C)C)CC[C@@H](C)[C@@]12C=C(C)CC2. The van der Waals surface area contributed by atoms with Crippen LogP contribution in [0.1, 0.15) is 53.4 Å². The van der Waals surface area contributed by atoms with Crippen molar-refractivity contribution in [3.63, 3.8) is 0 Å². The van der Waals surface area contributed by atoms with Gasteiger partial charge in [-0.2, -0.15) is 0 Å². The second-order valence-corrected chi connectivity index (χ2v) is 6.56. The molecular weight excluding hydrogens is 206 g/mol. The molecule has 1 heteroatoms. The molecule has 2 rings (SSSR count). The lowest BCUT2D eigenvalue weighted by Crippen LogP contribution is -2.46. The highest BCUT2D eigenvalue weighted by Gasteiger charge is 2.55. The Morgan fingerprint density at radius 3 is 2.59 bits per heavy atom. The Labute approximate surface area is 106 Å². The predicted octanol–water partition coefficient (Wildman–Crippen LogP) is 4.70. The molecular formula is C16H25N. The molecule has 17 heavy (non-hydrogen) atoms. The maximum Gasteiger partial charge on any atom is 0.235 e.